The third-order valence-corrected chi connectivity index (χ3v) is 8.86. The van der Waals surface area contributed by atoms with Crippen molar-refractivity contribution < 1.29 is 13.2 Å². The van der Waals surface area contributed by atoms with Crippen LogP contribution in [0, 0.1) is 6.92 Å². The zero-order valence-electron chi connectivity index (χ0n) is 17.3. The molecule has 1 aliphatic rings. The van der Waals surface area contributed by atoms with Crippen LogP contribution >= 0.6 is 22.7 Å². The lowest BCUT2D eigenvalue weighted by molar-refractivity contribution is -0.126. The number of nitrogens with zero attached hydrogens (tertiary/aromatic N) is 2. The number of amides is 1. The second-order valence-corrected chi connectivity index (χ2v) is 12.1. The molecule has 164 valence electrons. The van der Waals surface area contributed by atoms with Crippen LogP contribution in [0.1, 0.15) is 21.5 Å². The second kappa shape index (κ2) is 9.60. The Labute approximate surface area is 190 Å². The summed E-state index contributed by atoms with van der Waals surface area (Å²) in [5, 5.41) is 6.18. The number of benzene rings is 1. The molecule has 1 fully saturated rings. The fraction of sp³-hybridized carbons (Fsp3) is 0.364. The van der Waals surface area contributed by atoms with Crippen LogP contribution in [0.3, 0.4) is 0 Å². The first kappa shape index (κ1) is 22.1. The highest BCUT2D eigenvalue weighted by Gasteiger charge is 2.32. The third kappa shape index (κ3) is 5.60. The van der Waals surface area contributed by atoms with Crippen LogP contribution in [0.5, 0.6) is 0 Å². The SMILES string of the molecule is Cc1nc(-c2ccc(CCNC(=O)C(c3ccccc3)N3CCS(=O)(=O)CC3)s2)cs1. The van der Waals surface area contributed by atoms with Gasteiger partial charge in [0.15, 0.2) is 9.84 Å². The molecule has 0 radical (unpaired) electrons. The largest absolute Gasteiger partial charge is 0.354 e. The van der Waals surface area contributed by atoms with Gasteiger partial charge in [0.05, 0.1) is 27.1 Å². The summed E-state index contributed by atoms with van der Waals surface area (Å²) >= 11 is 3.34. The minimum Gasteiger partial charge on any atom is -0.354 e. The molecule has 1 saturated heterocycles. The molecule has 1 atom stereocenters. The van der Waals surface area contributed by atoms with Gasteiger partial charge in [-0.1, -0.05) is 30.3 Å². The number of thiazole rings is 1. The lowest BCUT2D eigenvalue weighted by Crippen LogP contribution is -2.47. The van der Waals surface area contributed by atoms with Crippen molar-refractivity contribution in [3.63, 3.8) is 0 Å². The number of nitrogens with one attached hydrogen (secondary N) is 1. The first-order valence-electron chi connectivity index (χ1n) is 10.2. The van der Waals surface area contributed by atoms with Crippen molar-refractivity contribution in [3.8, 4) is 10.6 Å². The minimum atomic E-state index is -3.01. The molecule has 3 aromatic rings. The van der Waals surface area contributed by atoms with E-state index >= 15 is 0 Å². The molecule has 1 N–H and O–H groups in total. The van der Waals surface area contributed by atoms with Gasteiger partial charge in [0, 0.05) is 29.9 Å². The highest BCUT2D eigenvalue weighted by molar-refractivity contribution is 7.91. The van der Waals surface area contributed by atoms with Crippen molar-refractivity contribution in [1.29, 1.82) is 0 Å². The average Bonchev–Trinajstić information content (AvgIpc) is 3.39. The van der Waals surface area contributed by atoms with Gasteiger partial charge in [-0.3, -0.25) is 9.69 Å². The zero-order chi connectivity index (χ0) is 21.8. The predicted molar refractivity (Wildman–Crippen MR) is 126 cm³/mol. The van der Waals surface area contributed by atoms with E-state index in [1.165, 1.54) is 4.88 Å². The molecule has 0 spiro atoms. The Balaban J connectivity index is 1.39. The van der Waals surface area contributed by atoms with E-state index in [-0.39, 0.29) is 17.4 Å². The summed E-state index contributed by atoms with van der Waals surface area (Å²) in [4.78, 5) is 22.0. The van der Waals surface area contributed by atoms with Gasteiger partial charge in [-0.25, -0.2) is 13.4 Å². The highest BCUT2D eigenvalue weighted by atomic mass is 32.2. The Kier molecular flexibility index (Phi) is 6.86. The van der Waals surface area contributed by atoms with Crippen LogP contribution in [-0.4, -0.2) is 55.3 Å². The second-order valence-electron chi connectivity index (χ2n) is 7.56. The fourth-order valence-electron chi connectivity index (χ4n) is 3.68. The summed E-state index contributed by atoms with van der Waals surface area (Å²) in [6.07, 6.45) is 0.745. The molecule has 0 aliphatic carbocycles. The Hall–Kier alpha value is -2.07. The molecule has 4 rings (SSSR count). The quantitative estimate of drug-likeness (QED) is 0.567. The summed E-state index contributed by atoms with van der Waals surface area (Å²) < 4.78 is 23.7. The van der Waals surface area contributed by atoms with E-state index in [2.05, 4.69) is 27.8 Å². The summed E-state index contributed by atoms with van der Waals surface area (Å²) in [5.74, 6) is 0.104. The van der Waals surface area contributed by atoms with Crippen molar-refractivity contribution >= 4 is 38.4 Å². The minimum absolute atomic E-state index is 0.0857. The monoisotopic (exact) mass is 475 g/mol. The van der Waals surface area contributed by atoms with E-state index < -0.39 is 15.9 Å². The van der Waals surface area contributed by atoms with Crippen LogP contribution < -0.4 is 5.32 Å². The lowest BCUT2D eigenvalue weighted by Gasteiger charge is -2.33. The molecule has 1 amide bonds. The van der Waals surface area contributed by atoms with E-state index in [1.54, 1.807) is 22.7 Å². The van der Waals surface area contributed by atoms with E-state index in [4.69, 9.17) is 0 Å². The molecule has 0 saturated carbocycles. The fourth-order valence-corrected chi connectivity index (χ4v) is 6.57. The van der Waals surface area contributed by atoms with Gasteiger partial charge in [-0.15, -0.1) is 22.7 Å². The van der Waals surface area contributed by atoms with Gasteiger partial charge in [0.1, 0.15) is 6.04 Å². The summed E-state index contributed by atoms with van der Waals surface area (Å²) in [7, 11) is -3.01. The van der Waals surface area contributed by atoms with Gasteiger partial charge in [-0.2, -0.15) is 0 Å². The molecular weight excluding hydrogens is 450 g/mol. The van der Waals surface area contributed by atoms with Gasteiger partial charge in [-0.05, 0) is 31.0 Å². The number of aromatic nitrogens is 1. The van der Waals surface area contributed by atoms with Crippen LogP contribution in [0.25, 0.3) is 10.6 Å². The third-order valence-electron chi connectivity index (χ3n) is 5.31. The average molecular weight is 476 g/mol. The van der Waals surface area contributed by atoms with Crippen molar-refractivity contribution in [2.45, 2.75) is 19.4 Å². The maximum atomic E-state index is 13.1. The summed E-state index contributed by atoms with van der Waals surface area (Å²) in [6, 6.07) is 13.3. The van der Waals surface area contributed by atoms with E-state index in [1.807, 2.05) is 42.2 Å². The van der Waals surface area contributed by atoms with E-state index in [0.717, 1.165) is 27.6 Å². The number of rotatable bonds is 7. The molecule has 6 nitrogen and oxygen atoms in total. The lowest BCUT2D eigenvalue weighted by atomic mass is 10.0. The molecule has 9 heteroatoms. The Morgan fingerprint density at radius 3 is 2.58 bits per heavy atom. The first-order chi connectivity index (χ1) is 14.9. The van der Waals surface area contributed by atoms with E-state index in [0.29, 0.717) is 19.6 Å². The maximum Gasteiger partial charge on any atom is 0.241 e. The molecule has 2 aromatic heterocycles. The molecule has 1 unspecified atom stereocenters. The van der Waals surface area contributed by atoms with Crippen molar-refractivity contribution in [3.05, 3.63) is 63.3 Å². The van der Waals surface area contributed by atoms with Crippen LogP contribution in [-0.2, 0) is 21.1 Å². The number of hydrogen-bond donors (Lipinski definition) is 1. The Bertz CT molecular complexity index is 1120. The zero-order valence-corrected chi connectivity index (χ0v) is 19.7. The molecule has 1 aromatic carbocycles. The van der Waals surface area contributed by atoms with Crippen molar-refractivity contribution in [2.24, 2.45) is 0 Å². The number of sulfone groups is 1. The highest BCUT2D eigenvalue weighted by Crippen LogP contribution is 2.29. The molecule has 31 heavy (non-hydrogen) atoms. The number of thiophene rings is 1. The summed E-state index contributed by atoms with van der Waals surface area (Å²) in [6.45, 7) is 3.27. The maximum absolute atomic E-state index is 13.1. The Morgan fingerprint density at radius 2 is 1.90 bits per heavy atom. The number of hydrogen-bond acceptors (Lipinski definition) is 7. The Morgan fingerprint density at radius 1 is 1.16 bits per heavy atom. The smallest absolute Gasteiger partial charge is 0.241 e. The van der Waals surface area contributed by atoms with Gasteiger partial charge in [0.25, 0.3) is 0 Å². The number of carbonyl (C=O) groups excluding carboxylic acids is 1. The molecule has 3 heterocycles. The van der Waals surface area contributed by atoms with Crippen molar-refractivity contribution in [1.82, 2.24) is 15.2 Å². The topological polar surface area (TPSA) is 79.4 Å². The van der Waals surface area contributed by atoms with Gasteiger partial charge in [0.2, 0.25) is 5.91 Å². The first-order valence-corrected chi connectivity index (χ1v) is 13.7. The molecular formula is C22H25N3O3S3. The van der Waals surface area contributed by atoms with Gasteiger partial charge < -0.3 is 5.32 Å². The van der Waals surface area contributed by atoms with Crippen LogP contribution in [0.4, 0.5) is 0 Å². The van der Waals surface area contributed by atoms with Crippen molar-refractivity contribution in [2.75, 3.05) is 31.1 Å². The number of aryl methyl sites for hydroxylation is 1. The van der Waals surface area contributed by atoms with Crippen LogP contribution in [0.2, 0.25) is 0 Å². The van der Waals surface area contributed by atoms with Crippen LogP contribution in [0.15, 0.2) is 47.8 Å². The molecule has 0 bridgehead atoms. The summed E-state index contributed by atoms with van der Waals surface area (Å²) in [5.41, 5.74) is 1.89. The van der Waals surface area contributed by atoms with E-state index in [9.17, 15) is 13.2 Å². The predicted octanol–water partition coefficient (Wildman–Crippen LogP) is 3.31. The van der Waals surface area contributed by atoms with Gasteiger partial charge >= 0.3 is 0 Å². The normalized spacial score (nSPS) is 17.3. The molecule has 1 aliphatic heterocycles. The number of carbonyl (C=O) groups is 1. The standard InChI is InChI=1S/C22H25N3O3S3/c1-16-24-19(15-29-16)20-8-7-18(30-20)9-10-23-22(26)21(17-5-3-2-4-6-17)25-11-13-31(27,28)14-12-25/h2-8,15,21H,9-14H2,1H3,(H,23,26).